The van der Waals surface area contributed by atoms with E-state index >= 15 is 0 Å². The molecule has 25 heavy (non-hydrogen) atoms. The molecule has 130 valence electrons. The van der Waals surface area contributed by atoms with E-state index in [1.807, 2.05) is 55.5 Å². The van der Waals surface area contributed by atoms with Gasteiger partial charge in [0.25, 0.3) is 0 Å². The van der Waals surface area contributed by atoms with E-state index in [4.69, 9.17) is 0 Å². The minimum absolute atomic E-state index is 0.0876. The highest BCUT2D eigenvalue weighted by Gasteiger charge is 2.09. The van der Waals surface area contributed by atoms with E-state index in [-0.39, 0.29) is 24.7 Å². The number of carbonyl (C=O) groups excluding carboxylic acids is 2. The van der Waals surface area contributed by atoms with E-state index in [0.29, 0.717) is 5.70 Å². The van der Waals surface area contributed by atoms with Crippen molar-refractivity contribution in [2.75, 3.05) is 5.32 Å². The minimum atomic E-state index is -0.272. The van der Waals surface area contributed by atoms with E-state index < -0.39 is 0 Å². The van der Waals surface area contributed by atoms with Gasteiger partial charge in [-0.3, -0.25) is 20.4 Å². The third-order valence-electron chi connectivity index (χ3n) is 3.52. The Morgan fingerprint density at radius 1 is 1.00 bits per heavy atom. The highest BCUT2D eigenvalue weighted by molar-refractivity contribution is 14.1. The standard InChI is InChI=1S/C19H20IN3O2/c1-13-12-16(20)8-9-17(13)21-18(24)10-11-19(25)23-22-14(2)15-6-4-3-5-7-15/h3-9,12,22H,2,10-11H2,1H3,(H,21,24)(H,23,25). The van der Waals surface area contributed by atoms with Crippen molar-refractivity contribution in [3.05, 3.63) is 69.8 Å². The van der Waals surface area contributed by atoms with Crippen LogP contribution in [0.5, 0.6) is 0 Å². The lowest BCUT2D eigenvalue weighted by Gasteiger charge is -2.11. The summed E-state index contributed by atoms with van der Waals surface area (Å²) in [5.41, 5.74) is 8.54. The molecular weight excluding hydrogens is 429 g/mol. The Bertz CT molecular complexity index is 775. The molecule has 5 nitrogen and oxygen atoms in total. The first-order chi connectivity index (χ1) is 12.0. The Balaban J connectivity index is 1.74. The molecule has 0 fully saturated rings. The molecule has 0 atom stereocenters. The van der Waals surface area contributed by atoms with Gasteiger partial charge in [-0.1, -0.05) is 36.9 Å². The second kappa shape index (κ2) is 9.22. The Hall–Kier alpha value is -2.35. The van der Waals surface area contributed by atoms with E-state index in [0.717, 1.165) is 20.4 Å². The van der Waals surface area contributed by atoms with Crippen LogP contribution in [0.1, 0.15) is 24.0 Å². The number of nitrogens with one attached hydrogen (secondary N) is 3. The Morgan fingerprint density at radius 3 is 2.36 bits per heavy atom. The van der Waals surface area contributed by atoms with Gasteiger partial charge in [0.15, 0.2) is 0 Å². The molecule has 2 amide bonds. The number of hydrazine groups is 1. The third kappa shape index (κ3) is 6.22. The van der Waals surface area contributed by atoms with Crippen LogP contribution in [0.25, 0.3) is 5.70 Å². The molecule has 3 N–H and O–H groups in total. The van der Waals surface area contributed by atoms with Gasteiger partial charge in [-0.15, -0.1) is 0 Å². The largest absolute Gasteiger partial charge is 0.326 e. The SMILES string of the molecule is C=C(NNC(=O)CCC(=O)Nc1ccc(I)cc1C)c1ccccc1. The van der Waals surface area contributed by atoms with Gasteiger partial charge in [-0.2, -0.15) is 0 Å². The molecule has 0 aromatic heterocycles. The maximum atomic E-state index is 12.0. The molecule has 0 radical (unpaired) electrons. The number of anilines is 1. The first kappa shape index (κ1) is 19.0. The minimum Gasteiger partial charge on any atom is -0.326 e. The molecule has 0 unspecified atom stereocenters. The van der Waals surface area contributed by atoms with Crippen LogP contribution in [-0.4, -0.2) is 11.8 Å². The maximum Gasteiger partial charge on any atom is 0.238 e. The molecule has 6 heteroatoms. The molecule has 0 bridgehead atoms. The van der Waals surface area contributed by atoms with Crippen LogP contribution in [0.4, 0.5) is 5.69 Å². The van der Waals surface area contributed by atoms with Crippen molar-refractivity contribution in [1.29, 1.82) is 0 Å². The molecular formula is C19H20IN3O2. The molecule has 0 aliphatic carbocycles. The van der Waals surface area contributed by atoms with Crippen LogP contribution in [0.2, 0.25) is 0 Å². The zero-order chi connectivity index (χ0) is 18.2. The van der Waals surface area contributed by atoms with E-state index in [1.165, 1.54) is 0 Å². The van der Waals surface area contributed by atoms with Gasteiger partial charge in [0, 0.05) is 22.1 Å². The second-order valence-electron chi connectivity index (χ2n) is 5.53. The lowest BCUT2D eigenvalue weighted by Crippen LogP contribution is -2.36. The summed E-state index contributed by atoms with van der Waals surface area (Å²) in [6, 6.07) is 15.2. The van der Waals surface area contributed by atoms with Crippen LogP contribution in [0, 0.1) is 10.5 Å². The summed E-state index contributed by atoms with van der Waals surface area (Å²) < 4.78 is 1.11. The zero-order valence-corrected chi connectivity index (χ0v) is 16.1. The smallest absolute Gasteiger partial charge is 0.238 e. The predicted octanol–water partition coefficient (Wildman–Crippen LogP) is 3.61. The van der Waals surface area contributed by atoms with Crippen LogP contribution in [0.15, 0.2) is 55.1 Å². The average Bonchev–Trinajstić information content (AvgIpc) is 2.61. The molecule has 0 heterocycles. The summed E-state index contributed by atoms with van der Waals surface area (Å²) in [6.07, 6.45) is 0.196. The van der Waals surface area contributed by atoms with E-state index in [9.17, 15) is 9.59 Å². The fraction of sp³-hybridized carbons (Fsp3) is 0.158. The fourth-order valence-corrected chi connectivity index (χ4v) is 2.77. The van der Waals surface area contributed by atoms with Gasteiger partial charge in [0.05, 0.1) is 5.70 Å². The zero-order valence-electron chi connectivity index (χ0n) is 13.9. The number of amides is 2. The van der Waals surface area contributed by atoms with Crippen molar-refractivity contribution < 1.29 is 9.59 Å². The number of aryl methyl sites for hydroxylation is 1. The number of carbonyl (C=O) groups is 2. The quantitative estimate of drug-likeness (QED) is 0.447. The summed E-state index contributed by atoms with van der Waals surface area (Å²) in [4.78, 5) is 23.8. The van der Waals surface area contributed by atoms with Crippen molar-refractivity contribution in [2.24, 2.45) is 0 Å². The summed E-state index contributed by atoms with van der Waals surface area (Å²) in [7, 11) is 0. The number of benzene rings is 2. The van der Waals surface area contributed by atoms with Crippen LogP contribution in [-0.2, 0) is 9.59 Å². The Morgan fingerprint density at radius 2 is 1.68 bits per heavy atom. The van der Waals surface area contributed by atoms with Crippen molar-refractivity contribution in [1.82, 2.24) is 10.9 Å². The Kier molecular flexibility index (Phi) is 7.00. The first-order valence-corrected chi connectivity index (χ1v) is 8.89. The van der Waals surface area contributed by atoms with Gasteiger partial charge in [-0.05, 0) is 58.8 Å². The fourth-order valence-electron chi connectivity index (χ4n) is 2.13. The molecule has 0 aliphatic heterocycles. The van der Waals surface area contributed by atoms with Gasteiger partial charge < -0.3 is 5.32 Å². The number of hydrogen-bond acceptors (Lipinski definition) is 3. The van der Waals surface area contributed by atoms with Crippen molar-refractivity contribution in [3.8, 4) is 0 Å². The average molecular weight is 449 g/mol. The summed E-state index contributed by atoms with van der Waals surface area (Å²) in [5.74, 6) is -0.465. The topological polar surface area (TPSA) is 70.2 Å². The monoisotopic (exact) mass is 449 g/mol. The predicted molar refractivity (Wildman–Crippen MR) is 109 cm³/mol. The van der Waals surface area contributed by atoms with Gasteiger partial charge >= 0.3 is 0 Å². The molecule has 2 aromatic rings. The van der Waals surface area contributed by atoms with Crippen LogP contribution >= 0.6 is 22.6 Å². The van der Waals surface area contributed by atoms with Crippen LogP contribution < -0.4 is 16.2 Å². The number of rotatable bonds is 7. The molecule has 0 saturated carbocycles. The molecule has 0 saturated heterocycles. The van der Waals surface area contributed by atoms with Gasteiger partial charge in [-0.25, -0.2) is 0 Å². The summed E-state index contributed by atoms with van der Waals surface area (Å²) in [5, 5.41) is 2.82. The normalized spacial score (nSPS) is 10.0. The second-order valence-corrected chi connectivity index (χ2v) is 6.77. The van der Waals surface area contributed by atoms with Crippen molar-refractivity contribution in [3.63, 3.8) is 0 Å². The lowest BCUT2D eigenvalue weighted by molar-refractivity contribution is -0.124. The summed E-state index contributed by atoms with van der Waals surface area (Å²) >= 11 is 2.22. The third-order valence-corrected chi connectivity index (χ3v) is 4.19. The highest BCUT2D eigenvalue weighted by Crippen LogP contribution is 2.18. The summed E-state index contributed by atoms with van der Waals surface area (Å²) in [6.45, 7) is 5.79. The van der Waals surface area contributed by atoms with Crippen LogP contribution in [0.3, 0.4) is 0 Å². The lowest BCUT2D eigenvalue weighted by atomic mass is 10.2. The molecule has 0 spiro atoms. The van der Waals surface area contributed by atoms with Gasteiger partial charge in [0.1, 0.15) is 0 Å². The molecule has 2 rings (SSSR count). The number of halogens is 1. The van der Waals surface area contributed by atoms with Gasteiger partial charge in [0.2, 0.25) is 11.8 Å². The molecule has 0 aliphatic rings. The first-order valence-electron chi connectivity index (χ1n) is 7.81. The van der Waals surface area contributed by atoms with Crippen molar-refractivity contribution in [2.45, 2.75) is 19.8 Å². The Labute approximate surface area is 161 Å². The van der Waals surface area contributed by atoms with E-state index in [1.54, 1.807) is 0 Å². The maximum absolute atomic E-state index is 12.0. The van der Waals surface area contributed by atoms with Crippen molar-refractivity contribution >= 4 is 45.8 Å². The molecule has 2 aromatic carbocycles. The van der Waals surface area contributed by atoms with E-state index in [2.05, 4.69) is 45.3 Å². The highest BCUT2D eigenvalue weighted by atomic mass is 127. The number of hydrogen-bond donors (Lipinski definition) is 3.